The Labute approximate surface area is 201 Å². The summed E-state index contributed by atoms with van der Waals surface area (Å²) in [6, 6.07) is 12.7. The van der Waals surface area contributed by atoms with Gasteiger partial charge in [-0.25, -0.2) is 0 Å². The molecule has 2 saturated heterocycles. The SMILES string of the molecule is COc1cccc(O[C@@H]2C(=O)N(CC(C)(C)N3CCOCC3)[C@H]2c2cc(OC)cc(OC)c2)c1. The van der Waals surface area contributed by atoms with Crippen LogP contribution in [-0.2, 0) is 9.53 Å². The van der Waals surface area contributed by atoms with Crippen LogP contribution in [0, 0.1) is 0 Å². The third kappa shape index (κ3) is 4.93. The quantitative estimate of drug-likeness (QED) is 0.522. The van der Waals surface area contributed by atoms with Crippen LogP contribution in [0.1, 0.15) is 25.5 Å². The molecule has 2 atom stereocenters. The molecule has 0 N–H and O–H groups in total. The lowest BCUT2D eigenvalue weighted by atomic mass is 9.87. The monoisotopic (exact) mass is 470 g/mol. The minimum atomic E-state index is -0.663. The fourth-order valence-electron chi connectivity index (χ4n) is 4.67. The van der Waals surface area contributed by atoms with E-state index < -0.39 is 6.10 Å². The van der Waals surface area contributed by atoms with Gasteiger partial charge in [-0.15, -0.1) is 0 Å². The normalized spacial score (nSPS) is 21.1. The molecule has 1 amide bonds. The summed E-state index contributed by atoms with van der Waals surface area (Å²) >= 11 is 0. The van der Waals surface area contributed by atoms with E-state index in [2.05, 4.69) is 18.7 Å². The summed E-state index contributed by atoms with van der Waals surface area (Å²) in [5.41, 5.74) is 0.683. The van der Waals surface area contributed by atoms with Gasteiger partial charge in [-0.1, -0.05) is 6.07 Å². The van der Waals surface area contributed by atoms with Gasteiger partial charge in [0.25, 0.3) is 5.91 Å². The van der Waals surface area contributed by atoms with Crippen LogP contribution in [0.25, 0.3) is 0 Å². The minimum Gasteiger partial charge on any atom is -0.497 e. The molecule has 2 fully saturated rings. The average molecular weight is 471 g/mol. The topological polar surface area (TPSA) is 69.7 Å². The van der Waals surface area contributed by atoms with Crippen molar-refractivity contribution < 1.29 is 28.5 Å². The molecule has 184 valence electrons. The van der Waals surface area contributed by atoms with Gasteiger partial charge in [0.1, 0.15) is 29.0 Å². The second-order valence-electron chi connectivity index (χ2n) is 9.19. The smallest absolute Gasteiger partial charge is 0.266 e. The Bertz CT molecular complexity index is 982. The first-order chi connectivity index (χ1) is 16.4. The van der Waals surface area contributed by atoms with Gasteiger partial charge in [-0.3, -0.25) is 9.69 Å². The van der Waals surface area contributed by atoms with Crippen molar-refractivity contribution in [3.8, 4) is 23.0 Å². The summed E-state index contributed by atoms with van der Waals surface area (Å²) in [5, 5.41) is 0. The van der Waals surface area contributed by atoms with Crippen LogP contribution in [0.5, 0.6) is 23.0 Å². The Morgan fingerprint density at radius 3 is 2.12 bits per heavy atom. The molecule has 2 aromatic carbocycles. The van der Waals surface area contributed by atoms with Crippen LogP contribution in [0.2, 0.25) is 0 Å². The third-order valence-corrected chi connectivity index (χ3v) is 6.59. The molecule has 2 aliphatic heterocycles. The Kier molecular flexibility index (Phi) is 7.19. The molecule has 8 nitrogen and oxygen atoms in total. The van der Waals surface area contributed by atoms with Crippen molar-refractivity contribution in [2.45, 2.75) is 31.5 Å². The Morgan fingerprint density at radius 1 is 0.912 bits per heavy atom. The van der Waals surface area contributed by atoms with Gasteiger partial charge in [0.2, 0.25) is 6.10 Å². The first kappa shape index (κ1) is 24.2. The first-order valence-electron chi connectivity index (χ1n) is 11.5. The maximum atomic E-state index is 13.4. The molecule has 8 heteroatoms. The van der Waals surface area contributed by atoms with Crippen molar-refractivity contribution >= 4 is 5.91 Å². The molecular formula is C26H34N2O6. The number of carbonyl (C=O) groups is 1. The van der Waals surface area contributed by atoms with Crippen molar-refractivity contribution in [1.29, 1.82) is 0 Å². The Morgan fingerprint density at radius 2 is 1.50 bits per heavy atom. The summed E-state index contributed by atoms with van der Waals surface area (Å²) in [7, 11) is 4.84. The highest BCUT2D eigenvalue weighted by Crippen LogP contribution is 2.42. The van der Waals surface area contributed by atoms with E-state index in [0.717, 1.165) is 18.7 Å². The minimum absolute atomic E-state index is 0.0454. The number of rotatable bonds is 9. The van der Waals surface area contributed by atoms with Crippen molar-refractivity contribution in [1.82, 2.24) is 9.80 Å². The number of likely N-dealkylation sites (tertiary alicyclic amines) is 1. The Balaban J connectivity index is 1.64. The maximum Gasteiger partial charge on any atom is 0.266 e. The van der Waals surface area contributed by atoms with Gasteiger partial charge in [0.15, 0.2) is 0 Å². The lowest BCUT2D eigenvalue weighted by Gasteiger charge is -2.52. The molecule has 0 unspecified atom stereocenters. The lowest BCUT2D eigenvalue weighted by molar-refractivity contribution is -0.168. The zero-order valence-corrected chi connectivity index (χ0v) is 20.6. The van der Waals surface area contributed by atoms with E-state index in [9.17, 15) is 4.79 Å². The standard InChI is InChI=1S/C26H34N2O6/c1-26(2,27-9-11-33-12-10-27)17-28-23(18-13-21(31-4)16-22(14-18)32-5)24(25(28)29)34-20-8-6-7-19(15-20)30-3/h6-8,13-16,23-24H,9-12,17H2,1-5H3/t23-,24-/m0/s1. The van der Waals surface area contributed by atoms with Gasteiger partial charge in [0, 0.05) is 37.3 Å². The molecule has 0 aliphatic carbocycles. The highest BCUT2D eigenvalue weighted by Gasteiger charge is 2.52. The number of carbonyl (C=O) groups excluding carboxylic acids is 1. The number of amides is 1. The zero-order valence-electron chi connectivity index (χ0n) is 20.6. The fourth-order valence-corrected chi connectivity index (χ4v) is 4.67. The predicted octanol–water partition coefficient (Wildman–Crippen LogP) is 3.15. The highest BCUT2D eigenvalue weighted by atomic mass is 16.5. The van der Waals surface area contributed by atoms with Crippen molar-refractivity contribution in [3.05, 3.63) is 48.0 Å². The van der Waals surface area contributed by atoms with E-state index >= 15 is 0 Å². The van der Waals surface area contributed by atoms with Crippen molar-refractivity contribution in [2.24, 2.45) is 0 Å². The summed E-state index contributed by atoms with van der Waals surface area (Å²) in [4.78, 5) is 17.7. The van der Waals surface area contributed by atoms with E-state index in [-0.39, 0.29) is 17.5 Å². The number of β-lactam (4-membered cyclic amide) rings is 1. The van der Waals surface area contributed by atoms with Crippen molar-refractivity contribution in [2.75, 3.05) is 54.2 Å². The van der Waals surface area contributed by atoms with E-state index in [4.69, 9.17) is 23.7 Å². The average Bonchev–Trinajstić information content (AvgIpc) is 2.87. The number of nitrogens with zero attached hydrogens (tertiary/aromatic N) is 2. The van der Waals surface area contributed by atoms with E-state index in [0.29, 0.717) is 42.8 Å². The second-order valence-corrected chi connectivity index (χ2v) is 9.19. The number of benzene rings is 2. The summed E-state index contributed by atoms with van der Waals surface area (Å²) < 4.78 is 28.1. The van der Waals surface area contributed by atoms with Gasteiger partial charge >= 0.3 is 0 Å². The summed E-state index contributed by atoms with van der Waals surface area (Å²) in [6.07, 6.45) is -0.663. The van der Waals surface area contributed by atoms with Crippen LogP contribution in [0.3, 0.4) is 0 Å². The molecule has 2 aromatic rings. The largest absolute Gasteiger partial charge is 0.497 e. The lowest BCUT2D eigenvalue weighted by Crippen LogP contribution is -2.66. The van der Waals surface area contributed by atoms with E-state index in [1.54, 1.807) is 27.4 Å². The van der Waals surface area contributed by atoms with Crippen LogP contribution in [0.15, 0.2) is 42.5 Å². The molecule has 0 saturated carbocycles. The summed E-state index contributed by atoms with van der Waals surface area (Å²) in [5.74, 6) is 2.55. The van der Waals surface area contributed by atoms with Crippen molar-refractivity contribution in [3.63, 3.8) is 0 Å². The number of hydrogen-bond donors (Lipinski definition) is 0. The molecular weight excluding hydrogens is 436 g/mol. The first-order valence-corrected chi connectivity index (χ1v) is 11.5. The molecule has 0 radical (unpaired) electrons. The Hall–Kier alpha value is -2.97. The predicted molar refractivity (Wildman–Crippen MR) is 128 cm³/mol. The molecule has 2 aliphatic rings. The number of methoxy groups -OCH3 is 3. The van der Waals surface area contributed by atoms with E-state index in [1.165, 1.54) is 0 Å². The number of ether oxygens (including phenoxy) is 5. The van der Waals surface area contributed by atoms with Crippen LogP contribution < -0.4 is 18.9 Å². The number of morpholine rings is 1. The van der Waals surface area contributed by atoms with Gasteiger partial charge < -0.3 is 28.6 Å². The second kappa shape index (κ2) is 10.1. The van der Waals surface area contributed by atoms with Gasteiger partial charge in [-0.2, -0.15) is 0 Å². The summed E-state index contributed by atoms with van der Waals surface area (Å²) in [6.45, 7) is 8.00. The van der Waals surface area contributed by atoms with Crippen LogP contribution in [0.4, 0.5) is 0 Å². The van der Waals surface area contributed by atoms with E-state index in [1.807, 2.05) is 41.3 Å². The highest BCUT2D eigenvalue weighted by molar-refractivity contribution is 5.89. The van der Waals surface area contributed by atoms with Crippen LogP contribution >= 0.6 is 0 Å². The van der Waals surface area contributed by atoms with Crippen LogP contribution in [-0.4, -0.2) is 81.5 Å². The third-order valence-electron chi connectivity index (χ3n) is 6.59. The molecule has 34 heavy (non-hydrogen) atoms. The van der Waals surface area contributed by atoms with Gasteiger partial charge in [-0.05, 0) is 43.7 Å². The fraction of sp³-hybridized carbons (Fsp3) is 0.500. The molecule has 0 aromatic heterocycles. The zero-order chi connectivity index (χ0) is 24.3. The number of hydrogen-bond acceptors (Lipinski definition) is 7. The van der Waals surface area contributed by atoms with Gasteiger partial charge in [0.05, 0.1) is 34.5 Å². The molecule has 0 spiro atoms. The maximum absolute atomic E-state index is 13.4. The molecule has 0 bridgehead atoms. The molecule has 4 rings (SSSR count). The molecule has 2 heterocycles.